The molecule has 0 aliphatic carbocycles. The van der Waals surface area contributed by atoms with Crippen molar-refractivity contribution in [3.8, 4) is 5.75 Å². The van der Waals surface area contributed by atoms with E-state index < -0.39 is 0 Å². The predicted molar refractivity (Wildman–Crippen MR) is 96.6 cm³/mol. The number of ether oxygens (including phenoxy) is 1. The molecule has 1 aromatic rings. The molecule has 1 heterocycles. The van der Waals surface area contributed by atoms with Crippen LogP contribution in [0, 0.1) is 11.3 Å². The Bertz CT molecular complexity index is 500. The highest BCUT2D eigenvalue weighted by atomic mass is 35.5. The maximum atomic E-state index is 12.3. The van der Waals surface area contributed by atoms with Gasteiger partial charge < -0.3 is 15.4 Å². The van der Waals surface area contributed by atoms with Crippen molar-refractivity contribution in [2.45, 2.75) is 33.6 Å². The molecule has 1 saturated heterocycles. The van der Waals surface area contributed by atoms with E-state index in [1.807, 2.05) is 24.3 Å². The highest BCUT2D eigenvalue weighted by Gasteiger charge is 2.27. The number of nitrogens with one attached hydrogen (secondary N) is 2. The van der Waals surface area contributed by atoms with Crippen molar-refractivity contribution < 1.29 is 9.53 Å². The molecule has 0 bridgehead atoms. The van der Waals surface area contributed by atoms with Crippen LogP contribution < -0.4 is 15.4 Å². The number of benzene rings is 1. The average molecular weight is 341 g/mol. The van der Waals surface area contributed by atoms with Gasteiger partial charge in [0.2, 0.25) is 0 Å². The predicted octanol–water partition coefficient (Wildman–Crippen LogP) is 3.26. The monoisotopic (exact) mass is 340 g/mol. The van der Waals surface area contributed by atoms with Crippen LogP contribution in [0.5, 0.6) is 5.75 Å². The molecule has 0 radical (unpaired) electrons. The number of hydrogen-bond donors (Lipinski definition) is 2. The number of halogens is 1. The zero-order chi connectivity index (χ0) is 16.0. The topological polar surface area (TPSA) is 50.4 Å². The van der Waals surface area contributed by atoms with Crippen LogP contribution in [0.2, 0.25) is 0 Å². The first-order valence-corrected chi connectivity index (χ1v) is 8.20. The van der Waals surface area contributed by atoms with Gasteiger partial charge in [-0.25, -0.2) is 0 Å². The zero-order valence-electron chi connectivity index (χ0n) is 14.4. The van der Waals surface area contributed by atoms with E-state index in [0.717, 1.165) is 38.2 Å². The summed E-state index contributed by atoms with van der Waals surface area (Å²) in [5.41, 5.74) is 0.867. The fourth-order valence-corrected chi connectivity index (χ4v) is 2.59. The van der Waals surface area contributed by atoms with Crippen LogP contribution in [0.25, 0.3) is 0 Å². The van der Waals surface area contributed by atoms with Crippen molar-refractivity contribution >= 4 is 18.3 Å². The molecule has 2 N–H and O–H groups in total. The second-order valence-corrected chi connectivity index (χ2v) is 6.98. The summed E-state index contributed by atoms with van der Waals surface area (Å²) in [6.07, 6.45) is 2.20. The van der Waals surface area contributed by atoms with E-state index in [4.69, 9.17) is 4.74 Å². The molecule has 4 nitrogen and oxygen atoms in total. The van der Waals surface area contributed by atoms with E-state index in [0.29, 0.717) is 18.1 Å². The lowest BCUT2D eigenvalue weighted by Crippen LogP contribution is -2.42. The van der Waals surface area contributed by atoms with Gasteiger partial charge in [-0.2, -0.15) is 0 Å². The van der Waals surface area contributed by atoms with Crippen LogP contribution in [-0.4, -0.2) is 32.1 Å². The van der Waals surface area contributed by atoms with E-state index in [1.54, 1.807) is 0 Å². The van der Waals surface area contributed by atoms with Crippen LogP contribution in [0.3, 0.4) is 0 Å². The second kappa shape index (κ2) is 9.14. The third kappa shape index (κ3) is 6.40. The van der Waals surface area contributed by atoms with Gasteiger partial charge in [-0.3, -0.25) is 4.79 Å². The van der Waals surface area contributed by atoms with Crippen LogP contribution in [0.4, 0.5) is 0 Å². The minimum absolute atomic E-state index is 0. The fourth-order valence-electron chi connectivity index (χ4n) is 2.59. The Morgan fingerprint density at radius 1 is 1.35 bits per heavy atom. The first kappa shape index (κ1) is 19.8. The lowest BCUT2D eigenvalue weighted by molar-refractivity contribution is 0.0921. The van der Waals surface area contributed by atoms with Crippen molar-refractivity contribution in [1.82, 2.24) is 10.6 Å². The number of carbonyl (C=O) groups excluding carboxylic acids is 1. The lowest BCUT2D eigenvalue weighted by Gasteiger charge is -2.34. The van der Waals surface area contributed by atoms with Gasteiger partial charge in [-0.1, -0.05) is 26.8 Å². The summed E-state index contributed by atoms with van der Waals surface area (Å²) in [6, 6.07) is 7.43. The average Bonchev–Trinajstić information content (AvgIpc) is 2.52. The molecule has 0 aromatic heterocycles. The molecule has 0 atom stereocenters. The van der Waals surface area contributed by atoms with Gasteiger partial charge in [0, 0.05) is 12.1 Å². The smallest absolute Gasteiger partial charge is 0.251 e. The lowest BCUT2D eigenvalue weighted by atomic mass is 9.81. The molecule has 1 amide bonds. The van der Waals surface area contributed by atoms with Gasteiger partial charge in [-0.15, -0.1) is 12.4 Å². The van der Waals surface area contributed by atoms with Crippen LogP contribution in [-0.2, 0) is 0 Å². The number of hydrogen-bond acceptors (Lipinski definition) is 3. The van der Waals surface area contributed by atoms with Gasteiger partial charge in [0.25, 0.3) is 5.91 Å². The van der Waals surface area contributed by atoms with Crippen LogP contribution in [0.1, 0.15) is 44.0 Å². The molecule has 1 aromatic carbocycles. The van der Waals surface area contributed by atoms with Gasteiger partial charge in [0.1, 0.15) is 5.75 Å². The van der Waals surface area contributed by atoms with Crippen molar-refractivity contribution in [2.24, 2.45) is 11.3 Å². The van der Waals surface area contributed by atoms with Gasteiger partial charge >= 0.3 is 0 Å². The molecule has 0 unspecified atom stereocenters. The Kier molecular flexibility index (Phi) is 7.86. The van der Waals surface area contributed by atoms with Gasteiger partial charge in [-0.05, 0) is 55.5 Å². The normalized spacial score (nSPS) is 16.5. The van der Waals surface area contributed by atoms with E-state index in [9.17, 15) is 4.79 Å². The second-order valence-electron chi connectivity index (χ2n) is 6.98. The van der Waals surface area contributed by atoms with E-state index >= 15 is 0 Å². The quantitative estimate of drug-likeness (QED) is 0.835. The molecular formula is C18H29ClN2O2. The minimum Gasteiger partial charge on any atom is -0.493 e. The maximum absolute atomic E-state index is 12.3. The largest absolute Gasteiger partial charge is 0.493 e. The maximum Gasteiger partial charge on any atom is 0.251 e. The van der Waals surface area contributed by atoms with Crippen LogP contribution >= 0.6 is 12.4 Å². The Morgan fingerprint density at radius 2 is 2.04 bits per heavy atom. The van der Waals surface area contributed by atoms with E-state index in [2.05, 4.69) is 31.4 Å². The molecular weight excluding hydrogens is 312 g/mol. The standard InChI is InChI=1S/C18H28N2O2.ClH/c1-14(2)12-22-16-6-4-5-15(11-16)17(21)20-13-18(3)7-9-19-10-8-18;/h4-6,11,14,19H,7-10,12-13H2,1-3H3,(H,20,21);1H. The van der Waals surface area contributed by atoms with Crippen LogP contribution in [0.15, 0.2) is 24.3 Å². The first-order valence-electron chi connectivity index (χ1n) is 8.20. The van der Waals surface area contributed by atoms with E-state index in [-0.39, 0.29) is 23.7 Å². The highest BCUT2D eigenvalue weighted by Crippen LogP contribution is 2.26. The molecule has 1 aliphatic rings. The third-order valence-corrected chi connectivity index (χ3v) is 4.17. The zero-order valence-corrected chi connectivity index (χ0v) is 15.2. The summed E-state index contributed by atoms with van der Waals surface area (Å²) < 4.78 is 5.68. The minimum atomic E-state index is -0.0187. The summed E-state index contributed by atoms with van der Waals surface area (Å²) in [4.78, 5) is 12.3. The fraction of sp³-hybridized carbons (Fsp3) is 0.611. The van der Waals surface area contributed by atoms with Gasteiger partial charge in [0.05, 0.1) is 6.61 Å². The number of rotatable bonds is 6. The number of piperidine rings is 1. The highest BCUT2D eigenvalue weighted by molar-refractivity contribution is 5.94. The first-order chi connectivity index (χ1) is 10.5. The Hall–Kier alpha value is -1.26. The summed E-state index contributed by atoms with van der Waals surface area (Å²) in [7, 11) is 0. The van der Waals surface area contributed by atoms with E-state index in [1.165, 1.54) is 0 Å². The molecule has 1 fully saturated rings. The number of carbonyl (C=O) groups is 1. The Morgan fingerprint density at radius 3 is 2.70 bits per heavy atom. The summed E-state index contributed by atoms with van der Waals surface area (Å²) in [5.74, 6) is 1.21. The molecule has 1 aliphatic heterocycles. The molecule has 23 heavy (non-hydrogen) atoms. The molecule has 2 rings (SSSR count). The molecule has 5 heteroatoms. The third-order valence-electron chi connectivity index (χ3n) is 4.17. The van der Waals surface area contributed by atoms with Crippen molar-refractivity contribution in [3.63, 3.8) is 0 Å². The summed E-state index contributed by atoms with van der Waals surface area (Å²) in [6.45, 7) is 9.92. The Labute approximate surface area is 145 Å². The van der Waals surface area contributed by atoms with Crippen molar-refractivity contribution in [2.75, 3.05) is 26.2 Å². The summed E-state index contributed by atoms with van der Waals surface area (Å²) in [5, 5.41) is 6.44. The molecule has 130 valence electrons. The van der Waals surface area contributed by atoms with Crippen molar-refractivity contribution in [3.05, 3.63) is 29.8 Å². The Balaban J connectivity index is 0.00000264. The molecule has 0 saturated carbocycles. The summed E-state index contributed by atoms with van der Waals surface area (Å²) >= 11 is 0. The SMILES string of the molecule is CC(C)COc1cccc(C(=O)NCC2(C)CCNCC2)c1.Cl. The number of amides is 1. The van der Waals surface area contributed by atoms with Gasteiger partial charge in [0.15, 0.2) is 0 Å². The van der Waals surface area contributed by atoms with Crippen molar-refractivity contribution in [1.29, 1.82) is 0 Å². The molecule has 0 spiro atoms.